The lowest BCUT2D eigenvalue weighted by atomic mass is 10.2. The third-order valence-corrected chi connectivity index (χ3v) is 2.70. The van der Waals surface area contributed by atoms with Crippen molar-refractivity contribution in [2.45, 2.75) is 25.7 Å². The molecule has 1 amide bonds. The van der Waals surface area contributed by atoms with Crippen LogP contribution in [0.2, 0.25) is 0 Å². The van der Waals surface area contributed by atoms with E-state index in [1.54, 1.807) is 0 Å². The molecule has 0 bridgehead atoms. The minimum Gasteiger partial charge on any atom is -0.469 e. The van der Waals surface area contributed by atoms with Crippen LogP contribution in [0.3, 0.4) is 0 Å². The zero-order chi connectivity index (χ0) is 14.1. The summed E-state index contributed by atoms with van der Waals surface area (Å²) in [7, 11) is 1.38. The molecule has 0 aliphatic carbocycles. The van der Waals surface area contributed by atoms with Gasteiger partial charge in [0.15, 0.2) is 0 Å². The minimum absolute atomic E-state index is 0.201. The Morgan fingerprint density at radius 2 is 2.21 bits per heavy atom. The van der Waals surface area contributed by atoms with Gasteiger partial charge in [0.05, 0.1) is 13.3 Å². The highest BCUT2D eigenvalue weighted by molar-refractivity contribution is 7.71. The number of esters is 1. The zero-order valence-electron chi connectivity index (χ0n) is 10.8. The van der Waals surface area contributed by atoms with Gasteiger partial charge >= 0.3 is 5.97 Å². The number of amides is 1. The summed E-state index contributed by atoms with van der Waals surface area (Å²) in [5.74, 6) is -0.438. The molecule has 0 radical (unpaired) electrons. The van der Waals surface area contributed by atoms with E-state index in [9.17, 15) is 9.59 Å². The normalized spacial score (nSPS) is 9.95. The highest BCUT2D eigenvalue weighted by atomic mass is 32.1. The standard InChI is InChI=1S/C12H17N3O3S/c1-18-11(16)5-3-2-4-6-13-12(17)9-7-15-10(19)8-14-9/h7-8H,2-6H2,1H3,(H,13,17)(H,15,19). The van der Waals surface area contributed by atoms with E-state index in [1.165, 1.54) is 19.5 Å². The number of H-pyrrole nitrogens is 1. The lowest BCUT2D eigenvalue weighted by Crippen LogP contribution is -2.25. The number of carbonyl (C=O) groups excluding carboxylic acids is 2. The van der Waals surface area contributed by atoms with Crippen LogP contribution in [-0.2, 0) is 9.53 Å². The Kier molecular flexibility index (Phi) is 6.73. The van der Waals surface area contributed by atoms with Crippen molar-refractivity contribution in [1.29, 1.82) is 0 Å². The van der Waals surface area contributed by atoms with Crippen molar-refractivity contribution >= 4 is 24.1 Å². The van der Waals surface area contributed by atoms with E-state index < -0.39 is 0 Å². The smallest absolute Gasteiger partial charge is 0.305 e. The largest absolute Gasteiger partial charge is 0.469 e. The third-order valence-electron chi connectivity index (χ3n) is 2.48. The number of aromatic amines is 1. The fraction of sp³-hybridized carbons (Fsp3) is 0.500. The van der Waals surface area contributed by atoms with E-state index in [-0.39, 0.29) is 11.9 Å². The first-order valence-corrected chi connectivity index (χ1v) is 6.44. The highest BCUT2D eigenvalue weighted by Gasteiger charge is 2.05. The highest BCUT2D eigenvalue weighted by Crippen LogP contribution is 2.00. The number of carbonyl (C=O) groups is 2. The van der Waals surface area contributed by atoms with Crippen molar-refractivity contribution in [1.82, 2.24) is 15.3 Å². The van der Waals surface area contributed by atoms with Crippen LogP contribution in [0.5, 0.6) is 0 Å². The maximum Gasteiger partial charge on any atom is 0.305 e. The molecule has 0 saturated heterocycles. The molecule has 1 aromatic heterocycles. The summed E-state index contributed by atoms with van der Waals surface area (Å²) in [5.41, 5.74) is 0.308. The summed E-state index contributed by atoms with van der Waals surface area (Å²) in [6.45, 7) is 0.553. The number of nitrogens with zero attached hydrogens (tertiary/aromatic N) is 1. The number of unbranched alkanes of at least 4 members (excludes halogenated alkanes) is 2. The second-order valence-corrected chi connectivity index (χ2v) is 4.38. The Morgan fingerprint density at radius 3 is 2.84 bits per heavy atom. The van der Waals surface area contributed by atoms with Gasteiger partial charge in [0.25, 0.3) is 5.91 Å². The number of nitrogens with one attached hydrogen (secondary N) is 2. The van der Waals surface area contributed by atoms with Crippen molar-refractivity contribution < 1.29 is 14.3 Å². The van der Waals surface area contributed by atoms with Gasteiger partial charge in [-0.1, -0.05) is 18.6 Å². The first kappa shape index (κ1) is 15.3. The van der Waals surface area contributed by atoms with Gasteiger partial charge in [0.1, 0.15) is 10.3 Å². The van der Waals surface area contributed by atoms with Crippen LogP contribution in [0.1, 0.15) is 36.2 Å². The summed E-state index contributed by atoms with van der Waals surface area (Å²) in [6, 6.07) is 0. The molecule has 0 aromatic carbocycles. The first-order valence-electron chi connectivity index (χ1n) is 6.03. The molecule has 0 aliphatic rings. The maximum absolute atomic E-state index is 11.6. The fourth-order valence-electron chi connectivity index (χ4n) is 1.43. The Balaban J connectivity index is 2.16. The second-order valence-electron chi connectivity index (χ2n) is 3.94. The van der Waals surface area contributed by atoms with Gasteiger partial charge in [-0.2, -0.15) is 0 Å². The van der Waals surface area contributed by atoms with E-state index in [2.05, 4.69) is 20.0 Å². The lowest BCUT2D eigenvalue weighted by Gasteiger charge is -2.04. The first-order chi connectivity index (χ1) is 9.13. The van der Waals surface area contributed by atoms with Gasteiger partial charge in [0, 0.05) is 19.2 Å². The van der Waals surface area contributed by atoms with Gasteiger partial charge in [-0.25, -0.2) is 4.98 Å². The lowest BCUT2D eigenvalue weighted by molar-refractivity contribution is -0.140. The van der Waals surface area contributed by atoms with Crippen LogP contribution in [0, 0.1) is 4.64 Å². The molecule has 6 nitrogen and oxygen atoms in total. The van der Waals surface area contributed by atoms with Gasteiger partial charge < -0.3 is 15.0 Å². The Bertz CT molecular complexity index is 467. The van der Waals surface area contributed by atoms with E-state index in [0.717, 1.165) is 19.3 Å². The maximum atomic E-state index is 11.6. The zero-order valence-corrected chi connectivity index (χ0v) is 11.6. The molecule has 2 N–H and O–H groups in total. The molecule has 7 heteroatoms. The predicted molar refractivity (Wildman–Crippen MR) is 72.2 cm³/mol. The van der Waals surface area contributed by atoms with Gasteiger partial charge in [-0.05, 0) is 12.8 Å². The quantitative estimate of drug-likeness (QED) is 0.451. The molecule has 1 heterocycles. The van der Waals surface area contributed by atoms with Crippen molar-refractivity contribution in [2.24, 2.45) is 0 Å². The summed E-state index contributed by atoms with van der Waals surface area (Å²) in [4.78, 5) is 29.2. The Morgan fingerprint density at radius 1 is 1.42 bits per heavy atom. The van der Waals surface area contributed by atoms with E-state index in [1.807, 2.05) is 0 Å². The molecule has 0 fully saturated rings. The van der Waals surface area contributed by atoms with Gasteiger partial charge in [-0.15, -0.1) is 0 Å². The second kappa shape index (κ2) is 8.36. The monoisotopic (exact) mass is 283 g/mol. The molecule has 104 valence electrons. The number of hydrogen-bond acceptors (Lipinski definition) is 5. The fourth-order valence-corrected chi connectivity index (χ4v) is 1.54. The molecule has 0 unspecified atom stereocenters. The summed E-state index contributed by atoms with van der Waals surface area (Å²) < 4.78 is 5.02. The Hall–Kier alpha value is -1.76. The molecule has 1 aromatic rings. The molecule has 19 heavy (non-hydrogen) atoms. The summed E-state index contributed by atoms with van der Waals surface area (Å²) in [6.07, 6.45) is 5.77. The van der Waals surface area contributed by atoms with Gasteiger partial charge in [-0.3, -0.25) is 9.59 Å². The van der Waals surface area contributed by atoms with E-state index >= 15 is 0 Å². The predicted octanol–water partition coefficient (Wildman–Crippen LogP) is 1.60. The van der Waals surface area contributed by atoms with Crippen molar-refractivity contribution in [3.8, 4) is 0 Å². The van der Waals surface area contributed by atoms with Crippen molar-refractivity contribution in [2.75, 3.05) is 13.7 Å². The molecule has 1 rings (SSSR count). The van der Waals surface area contributed by atoms with Crippen molar-refractivity contribution in [3.63, 3.8) is 0 Å². The third kappa shape index (κ3) is 6.10. The number of rotatable bonds is 7. The van der Waals surface area contributed by atoms with Crippen LogP contribution in [0.4, 0.5) is 0 Å². The van der Waals surface area contributed by atoms with Crippen LogP contribution < -0.4 is 5.32 Å². The minimum atomic E-state index is -0.237. The number of hydrogen-bond donors (Lipinski definition) is 2. The molecule has 0 spiro atoms. The molecule has 0 aliphatic heterocycles. The van der Waals surface area contributed by atoms with Crippen LogP contribution in [0.15, 0.2) is 12.4 Å². The number of ether oxygens (including phenoxy) is 1. The van der Waals surface area contributed by atoms with Crippen LogP contribution >= 0.6 is 12.2 Å². The Labute approximate surface area is 116 Å². The van der Waals surface area contributed by atoms with Crippen LogP contribution in [0.25, 0.3) is 0 Å². The van der Waals surface area contributed by atoms with E-state index in [0.29, 0.717) is 23.3 Å². The average molecular weight is 283 g/mol. The molecular formula is C12H17N3O3S. The SMILES string of the molecule is COC(=O)CCCCCNC(=O)c1c[nH]c(=S)cn1. The summed E-state index contributed by atoms with van der Waals surface area (Å²) >= 11 is 4.84. The van der Waals surface area contributed by atoms with Crippen LogP contribution in [-0.4, -0.2) is 35.5 Å². The molecular weight excluding hydrogens is 266 g/mol. The number of methoxy groups -OCH3 is 1. The molecule has 0 saturated carbocycles. The van der Waals surface area contributed by atoms with Crippen molar-refractivity contribution in [3.05, 3.63) is 22.7 Å². The van der Waals surface area contributed by atoms with Gasteiger partial charge in [0.2, 0.25) is 0 Å². The topological polar surface area (TPSA) is 84.1 Å². The molecule has 0 atom stereocenters. The summed E-state index contributed by atoms with van der Waals surface area (Å²) in [5, 5.41) is 2.75. The number of aromatic nitrogens is 2. The average Bonchev–Trinajstić information content (AvgIpc) is 2.42. The van der Waals surface area contributed by atoms with E-state index in [4.69, 9.17) is 12.2 Å².